The first-order chi connectivity index (χ1) is 16.4. The number of anilines is 1. The summed E-state index contributed by atoms with van der Waals surface area (Å²) in [4.78, 5) is 2.31. The van der Waals surface area contributed by atoms with Gasteiger partial charge >= 0.3 is 0 Å². The molecule has 186 valence electrons. The number of para-hydroxylation sites is 2. The summed E-state index contributed by atoms with van der Waals surface area (Å²) in [6.07, 6.45) is 3.15. The molecule has 0 aliphatic heterocycles. The first-order valence-corrected chi connectivity index (χ1v) is 11.8. The normalized spacial score (nSPS) is 11.8. The van der Waals surface area contributed by atoms with Crippen molar-refractivity contribution in [3.8, 4) is 29.1 Å². The van der Waals surface area contributed by atoms with Crippen LogP contribution in [0.4, 0.5) is 5.69 Å². The maximum absolute atomic E-state index is 9.11. The minimum absolute atomic E-state index is 0.0220. The summed E-state index contributed by atoms with van der Waals surface area (Å²) in [6.45, 7) is 6.86. The Kier molecular flexibility index (Phi) is 11.3. The molecule has 0 bridgehead atoms. The third-order valence-electron chi connectivity index (χ3n) is 5.70. The number of rotatable bonds is 15. The molecule has 0 heterocycles. The van der Waals surface area contributed by atoms with Gasteiger partial charge in [-0.15, -0.1) is 0 Å². The summed E-state index contributed by atoms with van der Waals surface area (Å²) >= 11 is 0. The van der Waals surface area contributed by atoms with Gasteiger partial charge in [-0.05, 0) is 68.6 Å². The van der Waals surface area contributed by atoms with E-state index in [-0.39, 0.29) is 12.5 Å². The molecule has 1 unspecified atom stereocenters. The van der Waals surface area contributed by atoms with E-state index in [0.717, 1.165) is 43.7 Å². The minimum atomic E-state index is 0.0220. The Bertz CT molecular complexity index is 927. The molecule has 0 aliphatic carbocycles. The Hall–Kier alpha value is -3.11. The van der Waals surface area contributed by atoms with E-state index in [1.165, 1.54) is 0 Å². The van der Waals surface area contributed by atoms with Gasteiger partial charge in [-0.3, -0.25) is 0 Å². The topological polar surface area (TPSA) is 90.0 Å². The number of nitrogen functional groups attached to an aromatic ring is 1. The van der Waals surface area contributed by atoms with E-state index >= 15 is 0 Å². The number of benzene rings is 2. The number of nitrogens with two attached hydrogens (primary N) is 1. The number of methoxy groups -OCH3 is 2. The summed E-state index contributed by atoms with van der Waals surface area (Å²) < 4.78 is 23.2. The Morgan fingerprint density at radius 3 is 2.35 bits per heavy atom. The van der Waals surface area contributed by atoms with Gasteiger partial charge in [-0.2, -0.15) is 5.26 Å². The molecule has 2 N–H and O–H groups in total. The van der Waals surface area contributed by atoms with Gasteiger partial charge < -0.3 is 29.6 Å². The lowest BCUT2D eigenvalue weighted by Crippen LogP contribution is -2.27. The van der Waals surface area contributed by atoms with Crippen molar-refractivity contribution in [3.63, 3.8) is 0 Å². The van der Waals surface area contributed by atoms with Gasteiger partial charge in [-0.1, -0.05) is 26.0 Å². The van der Waals surface area contributed by atoms with Crippen molar-refractivity contribution < 1.29 is 18.9 Å². The summed E-state index contributed by atoms with van der Waals surface area (Å²) in [5.41, 5.74) is 7.43. The lowest BCUT2D eigenvalue weighted by molar-refractivity contribution is 0.129. The second kappa shape index (κ2) is 14.2. The summed E-state index contributed by atoms with van der Waals surface area (Å²) in [6, 6.07) is 13.5. The third-order valence-corrected chi connectivity index (χ3v) is 5.70. The van der Waals surface area contributed by atoms with Crippen molar-refractivity contribution in [1.29, 1.82) is 5.26 Å². The lowest BCUT2D eigenvalue weighted by atomic mass is 10.0. The minimum Gasteiger partial charge on any atom is -0.493 e. The smallest absolute Gasteiger partial charge is 0.203 e. The highest BCUT2D eigenvalue weighted by molar-refractivity contribution is 5.54. The predicted molar refractivity (Wildman–Crippen MR) is 136 cm³/mol. The standard InChI is InChI=1S/C27H39N3O4/c1-20(2)23(34-26-19-21(13-14-28)18-25(31-4)27(26)32-5)12-8-15-30(3)16-9-17-33-24-11-7-6-10-22(24)29/h6-7,10-11,18-20,23H,8-9,12-13,15-17,29H2,1-5H3. The molecule has 2 aromatic carbocycles. The summed E-state index contributed by atoms with van der Waals surface area (Å²) in [5.74, 6) is 2.83. The van der Waals surface area contributed by atoms with Gasteiger partial charge in [0.1, 0.15) is 11.9 Å². The van der Waals surface area contributed by atoms with Gasteiger partial charge in [0.25, 0.3) is 0 Å². The van der Waals surface area contributed by atoms with E-state index in [2.05, 4.69) is 31.9 Å². The van der Waals surface area contributed by atoms with Crippen LogP contribution in [-0.4, -0.2) is 52.0 Å². The van der Waals surface area contributed by atoms with E-state index < -0.39 is 0 Å². The Balaban J connectivity index is 1.86. The molecule has 0 fully saturated rings. The van der Waals surface area contributed by atoms with Gasteiger partial charge in [0, 0.05) is 6.54 Å². The largest absolute Gasteiger partial charge is 0.493 e. The molecular formula is C27H39N3O4. The molecule has 0 radical (unpaired) electrons. The molecule has 0 aliphatic rings. The first-order valence-electron chi connectivity index (χ1n) is 11.8. The highest BCUT2D eigenvalue weighted by atomic mass is 16.5. The zero-order valence-electron chi connectivity index (χ0n) is 21.2. The van der Waals surface area contributed by atoms with Crippen molar-refractivity contribution in [3.05, 3.63) is 42.0 Å². The van der Waals surface area contributed by atoms with Crippen LogP contribution in [0.25, 0.3) is 0 Å². The van der Waals surface area contributed by atoms with E-state index in [0.29, 0.717) is 35.5 Å². The summed E-state index contributed by atoms with van der Waals surface area (Å²) in [7, 11) is 5.32. The van der Waals surface area contributed by atoms with Crippen molar-refractivity contribution >= 4 is 5.69 Å². The number of hydrogen-bond acceptors (Lipinski definition) is 7. The van der Waals surface area contributed by atoms with Crippen LogP contribution in [0.2, 0.25) is 0 Å². The van der Waals surface area contributed by atoms with E-state index in [9.17, 15) is 0 Å². The first kappa shape index (κ1) is 27.1. The predicted octanol–water partition coefficient (Wildman–Crippen LogP) is 4.94. The van der Waals surface area contributed by atoms with Gasteiger partial charge in [0.2, 0.25) is 5.75 Å². The van der Waals surface area contributed by atoms with Gasteiger partial charge in [0.15, 0.2) is 11.5 Å². The fourth-order valence-electron chi connectivity index (χ4n) is 3.76. The van der Waals surface area contributed by atoms with E-state index in [4.69, 9.17) is 29.9 Å². The fraction of sp³-hybridized carbons (Fsp3) is 0.519. The highest BCUT2D eigenvalue weighted by Crippen LogP contribution is 2.40. The van der Waals surface area contributed by atoms with Crippen molar-refractivity contribution in [2.75, 3.05) is 46.7 Å². The molecule has 34 heavy (non-hydrogen) atoms. The van der Waals surface area contributed by atoms with Crippen molar-refractivity contribution in [2.45, 2.75) is 45.6 Å². The van der Waals surface area contributed by atoms with E-state index in [1.807, 2.05) is 36.4 Å². The third kappa shape index (κ3) is 8.35. The molecule has 0 spiro atoms. The SMILES string of the molecule is COc1cc(CC#N)cc(OC(CCCN(C)CCCOc2ccccc2N)C(C)C)c1OC. The van der Waals surface area contributed by atoms with Gasteiger partial charge in [0.05, 0.1) is 39.0 Å². The number of ether oxygens (including phenoxy) is 4. The zero-order valence-corrected chi connectivity index (χ0v) is 21.2. The monoisotopic (exact) mass is 469 g/mol. The number of nitrogens with zero attached hydrogens (tertiary/aromatic N) is 2. The summed E-state index contributed by atoms with van der Waals surface area (Å²) in [5, 5.41) is 9.11. The van der Waals surface area contributed by atoms with Crippen LogP contribution < -0.4 is 24.7 Å². The Labute approximate surface area is 204 Å². The van der Waals surface area contributed by atoms with E-state index in [1.54, 1.807) is 14.2 Å². The van der Waals surface area contributed by atoms with Crippen LogP contribution in [0.1, 0.15) is 38.7 Å². The van der Waals surface area contributed by atoms with Crippen molar-refractivity contribution in [2.24, 2.45) is 5.92 Å². The fourth-order valence-corrected chi connectivity index (χ4v) is 3.76. The van der Waals surface area contributed by atoms with Crippen LogP contribution in [-0.2, 0) is 6.42 Å². The molecule has 7 heteroatoms. The van der Waals surface area contributed by atoms with Crippen LogP contribution in [0.5, 0.6) is 23.0 Å². The molecule has 0 amide bonds. The highest BCUT2D eigenvalue weighted by Gasteiger charge is 2.21. The second-order valence-electron chi connectivity index (χ2n) is 8.75. The van der Waals surface area contributed by atoms with Crippen molar-refractivity contribution in [1.82, 2.24) is 4.90 Å². The molecular weight excluding hydrogens is 430 g/mol. The Morgan fingerprint density at radius 2 is 1.71 bits per heavy atom. The quantitative estimate of drug-likeness (QED) is 0.292. The number of hydrogen-bond donors (Lipinski definition) is 1. The van der Waals surface area contributed by atoms with Crippen LogP contribution >= 0.6 is 0 Å². The van der Waals surface area contributed by atoms with Crippen LogP contribution in [0.15, 0.2) is 36.4 Å². The molecule has 2 rings (SSSR count). The molecule has 2 aromatic rings. The maximum atomic E-state index is 9.11. The molecule has 0 saturated carbocycles. The average molecular weight is 470 g/mol. The molecule has 1 atom stereocenters. The molecule has 0 aromatic heterocycles. The lowest BCUT2D eigenvalue weighted by Gasteiger charge is -2.26. The average Bonchev–Trinajstić information content (AvgIpc) is 2.82. The zero-order chi connectivity index (χ0) is 24.9. The second-order valence-corrected chi connectivity index (χ2v) is 8.75. The molecule has 7 nitrogen and oxygen atoms in total. The Morgan fingerprint density at radius 1 is 1.00 bits per heavy atom. The van der Waals surface area contributed by atoms with Crippen LogP contribution in [0.3, 0.4) is 0 Å². The van der Waals surface area contributed by atoms with Crippen LogP contribution in [0, 0.1) is 17.2 Å². The van der Waals surface area contributed by atoms with Gasteiger partial charge in [-0.25, -0.2) is 0 Å². The number of nitriles is 1. The molecule has 0 saturated heterocycles. The maximum Gasteiger partial charge on any atom is 0.203 e.